The Balaban J connectivity index is 2.16. The van der Waals surface area contributed by atoms with Crippen molar-refractivity contribution in [3.05, 3.63) is 24.0 Å². The number of benzene rings is 1. The fraction of sp³-hybridized carbons (Fsp3) is 0.333. The van der Waals surface area contributed by atoms with Crippen molar-refractivity contribution in [2.75, 3.05) is 18.5 Å². The lowest BCUT2D eigenvalue weighted by atomic mass is 10.2. The van der Waals surface area contributed by atoms with Crippen LogP contribution in [0.25, 0.3) is 0 Å². The minimum atomic E-state index is -0.453. The van der Waals surface area contributed by atoms with Gasteiger partial charge in [-0.3, -0.25) is 4.79 Å². The summed E-state index contributed by atoms with van der Waals surface area (Å²) in [6.07, 6.45) is 0. The molecule has 1 amide bonds. The predicted octanol–water partition coefficient (Wildman–Crippen LogP) is 1.25. The zero-order chi connectivity index (χ0) is 14.4. The number of hydrogen-bond acceptors (Lipinski definition) is 6. The molecule has 1 aromatic heterocycles. The molecule has 0 aliphatic heterocycles. The molecule has 0 aliphatic rings. The number of aromatic nitrogens is 4. The number of hydrogen-bond donors (Lipinski definition) is 2. The standard InChI is InChI=1S/C12H15N5O3/c1-3-19-9-6-5-8(7-10(9)20-4-2)13-12(18)11-14-16-17-15-11/h5-7H,3-4H2,1-2H3,(H,13,18)(H,14,15,16,17). The molecule has 2 aromatic rings. The molecule has 0 bridgehead atoms. The summed E-state index contributed by atoms with van der Waals surface area (Å²) in [7, 11) is 0. The molecule has 0 radical (unpaired) electrons. The van der Waals surface area contributed by atoms with Crippen LogP contribution < -0.4 is 14.8 Å². The third-order valence-corrected chi connectivity index (χ3v) is 2.35. The van der Waals surface area contributed by atoms with Gasteiger partial charge < -0.3 is 14.8 Å². The van der Waals surface area contributed by atoms with Crippen LogP contribution in [-0.2, 0) is 0 Å². The third-order valence-electron chi connectivity index (χ3n) is 2.35. The van der Waals surface area contributed by atoms with Crippen molar-refractivity contribution < 1.29 is 14.3 Å². The van der Waals surface area contributed by atoms with Gasteiger partial charge in [0, 0.05) is 11.8 Å². The highest BCUT2D eigenvalue weighted by Gasteiger charge is 2.12. The number of nitrogens with one attached hydrogen (secondary N) is 2. The maximum Gasteiger partial charge on any atom is 0.297 e. The molecule has 20 heavy (non-hydrogen) atoms. The average Bonchev–Trinajstić information content (AvgIpc) is 2.96. The van der Waals surface area contributed by atoms with Crippen LogP contribution in [0.5, 0.6) is 11.5 Å². The summed E-state index contributed by atoms with van der Waals surface area (Å²) in [5, 5.41) is 15.4. The number of ether oxygens (including phenoxy) is 2. The Labute approximate surface area is 115 Å². The molecule has 0 aliphatic carbocycles. The minimum absolute atomic E-state index is 0.0307. The van der Waals surface area contributed by atoms with Gasteiger partial charge in [0.1, 0.15) is 0 Å². The van der Waals surface area contributed by atoms with Crippen LogP contribution in [0.3, 0.4) is 0 Å². The first kappa shape index (κ1) is 13.8. The molecule has 0 fully saturated rings. The molecular formula is C12H15N5O3. The third kappa shape index (κ3) is 3.22. The maximum atomic E-state index is 11.8. The van der Waals surface area contributed by atoms with Gasteiger partial charge in [0.05, 0.1) is 13.2 Å². The van der Waals surface area contributed by atoms with E-state index >= 15 is 0 Å². The second kappa shape index (κ2) is 6.50. The highest BCUT2D eigenvalue weighted by molar-refractivity contribution is 6.01. The van der Waals surface area contributed by atoms with Gasteiger partial charge in [-0.05, 0) is 31.2 Å². The molecule has 2 N–H and O–H groups in total. The van der Waals surface area contributed by atoms with E-state index in [4.69, 9.17) is 9.47 Å². The number of carbonyl (C=O) groups excluding carboxylic acids is 1. The van der Waals surface area contributed by atoms with E-state index in [1.54, 1.807) is 18.2 Å². The van der Waals surface area contributed by atoms with Gasteiger partial charge in [0.2, 0.25) is 0 Å². The van der Waals surface area contributed by atoms with Crippen LogP contribution in [-0.4, -0.2) is 39.7 Å². The first-order chi connectivity index (χ1) is 9.74. The Bertz CT molecular complexity index is 570. The topological polar surface area (TPSA) is 102 Å². The van der Waals surface area contributed by atoms with Gasteiger partial charge in [-0.2, -0.15) is 5.21 Å². The minimum Gasteiger partial charge on any atom is -0.490 e. The molecule has 1 aromatic carbocycles. The van der Waals surface area contributed by atoms with E-state index in [1.165, 1.54) is 0 Å². The SMILES string of the molecule is CCOc1ccc(NC(=O)c2nn[nH]n2)cc1OCC. The lowest BCUT2D eigenvalue weighted by molar-refractivity contribution is 0.101. The maximum absolute atomic E-state index is 11.8. The average molecular weight is 277 g/mol. The molecule has 8 nitrogen and oxygen atoms in total. The van der Waals surface area contributed by atoms with Crippen LogP contribution in [0.15, 0.2) is 18.2 Å². The molecule has 0 saturated heterocycles. The summed E-state index contributed by atoms with van der Waals surface area (Å²) < 4.78 is 10.9. The monoisotopic (exact) mass is 277 g/mol. The highest BCUT2D eigenvalue weighted by atomic mass is 16.5. The second-order valence-corrected chi connectivity index (χ2v) is 3.72. The van der Waals surface area contributed by atoms with E-state index in [2.05, 4.69) is 25.9 Å². The summed E-state index contributed by atoms with van der Waals surface area (Å²) in [6, 6.07) is 5.14. The fourth-order valence-electron chi connectivity index (χ4n) is 1.57. The first-order valence-corrected chi connectivity index (χ1v) is 6.19. The van der Waals surface area contributed by atoms with Gasteiger partial charge in [-0.1, -0.05) is 0 Å². The second-order valence-electron chi connectivity index (χ2n) is 3.72. The number of tetrazole rings is 1. The fourth-order valence-corrected chi connectivity index (χ4v) is 1.57. The van der Waals surface area contributed by atoms with E-state index in [0.717, 1.165) is 0 Å². The van der Waals surface area contributed by atoms with Crippen LogP contribution in [0, 0.1) is 0 Å². The molecule has 0 saturated carbocycles. The van der Waals surface area contributed by atoms with E-state index < -0.39 is 5.91 Å². The molecular weight excluding hydrogens is 262 g/mol. The van der Waals surface area contributed by atoms with Crippen molar-refractivity contribution in [1.29, 1.82) is 0 Å². The van der Waals surface area contributed by atoms with E-state index in [9.17, 15) is 4.79 Å². The van der Waals surface area contributed by atoms with Gasteiger partial charge in [-0.25, -0.2) is 0 Å². The van der Waals surface area contributed by atoms with Crippen molar-refractivity contribution >= 4 is 11.6 Å². The normalized spacial score (nSPS) is 10.1. The van der Waals surface area contributed by atoms with Crippen molar-refractivity contribution in [3.8, 4) is 11.5 Å². The van der Waals surface area contributed by atoms with Gasteiger partial charge in [0.15, 0.2) is 11.5 Å². The van der Waals surface area contributed by atoms with Crippen molar-refractivity contribution in [1.82, 2.24) is 20.6 Å². The van der Waals surface area contributed by atoms with Crippen molar-refractivity contribution in [2.45, 2.75) is 13.8 Å². The zero-order valence-electron chi connectivity index (χ0n) is 11.2. The number of nitrogens with zero attached hydrogens (tertiary/aromatic N) is 3. The van der Waals surface area contributed by atoms with E-state index in [-0.39, 0.29) is 5.82 Å². The molecule has 0 atom stereocenters. The summed E-state index contributed by atoms with van der Waals surface area (Å²) in [6.45, 7) is 4.80. The van der Waals surface area contributed by atoms with Gasteiger partial charge in [-0.15, -0.1) is 10.2 Å². The smallest absolute Gasteiger partial charge is 0.297 e. The summed E-state index contributed by atoms with van der Waals surface area (Å²) in [5.74, 6) is 0.717. The molecule has 0 unspecified atom stereocenters. The molecule has 0 spiro atoms. The van der Waals surface area contributed by atoms with Crippen LogP contribution in [0.1, 0.15) is 24.5 Å². The Morgan fingerprint density at radius 1 is 1.25 bits per heavy atom. The lowest BCUT2D eigenvalue weighted by Gasteiger charge is -2.12. The van der Waals surface area contributed by atoms with Gasteiger partial charge in [0.25, 0.3) is 11.7 Å². The molecule has 1 heterocycles. The Morgan fingerprint density at radius 3 is 2.65 bits per heavy atom. The largest absolute Gasteiger partial charge is 0.490 e. The summed E-state index contributed by atoms with van der Waals surface area (Å²) in [5.41, 5.74) is 0.562. The van der Waals surface area contributed by atoms with E-state index in [1.807, 2.05) is 13.8 Å². The van der Waals surface area contributed by atoms with Crippen molar-refractivity contribution in [3.63, 3.8) is 0 Å². The Kier molecular flexibility index (Phi) is 4.48. The van der Waals surface area contributed by atoms with Crippen LogP contribution in [0.2, 0.25) is 0 Å². The molecule has 2 rings (SSSR count). The number of carbonyl (C=O) groups is 1. The predicted molar refractivity (Wildman–Crippen MR) is 70.9 cm³/mol. The molecule has 106 valence electrons. The summed E-state index contributed by atoms with van der Waals surface area (Å²) >= 11 is 0. The summed E-state index contributed by atoms with van der Waals surface area (Å²) in [4.78, 5) is 11.8. The first-order valence-electron chi connectivity index (χ1n) is 6.19. The molecule has 8 heteroatoms. The highest BCUT2D eigenvalue weighted by Crippen LogP contribution is 2.30. The Hall–Kier alpha value is -2.64. The van der Waals surface area contributed by atoms with Gasteiger partial charge >= 0.3 is 0 Å². The van der Waals surface area contributed by atoms with Crippen LogP contribution >= 0.6 is 0 Å². The number of amides is 1. The number of aromatic amines is 1. The Morgan fingerprint density at radius 2 is 2.00 bits per heavy atom. The van der Waals surface area contributed by atoms with Crippen LogP contribution in [0.4, 0.5) is 5.69 Å². The number of anilines is 1. The number of rotatable bonds is 6. The van der Waals surface area contributed by atoms with E-state index in [0.29, 0.717) is 30.4 Å². The quantitative estimate of drug-likeness (QED) is 0.823. The lowest BCUT2D eigenvalue weighted by Crippen LogP contribution is -2.14. The number of H-pyrrole nitrogens is 1. The zero-order valence-corrected chi connectivity index (χ0v) is 11.2. The van der Waals surface area contributed by atoms with Crippen molar-refractivity contribution in [2.24, 2.45) is 0 Å².